The molecule has 0 aliphatic carbocycles. The fourth-order valence-corrected chi connectivity index (χ4v) is 1.29. The van der Waals surface area contributed by atoms with E-state index in [-0.39, 0.29) is 11.0 Å². The van der Waals surface area contributed by atoms with E-state index in [9.17, 15) is 14.3 Å². The standard InChI is InChI=1S/C6H14NO6P/c1-7(2,3)4-5(6(8)9)13-14(10,11)12/h5H,4H2,1-3H3,(H2-,8,9,10,11,12). The Hall–Kier alpha value is -0.460. The van der Waals surface area contributed by atoms with Crippen LogP contribution < -0.4 is 4.89 Å². The zero-order valence-corrected chi connectivity index (χ0v) is 9.10. The molecule has 0 saturated heterocycles. The molecule has 0 bridgehead atoms. The van der Waals surface area contributed by atoms with Gasteiger partial charge in [-0.2, -0.15) is 0 Å². The predicted molar refractivity (Wildman–Crippen MR) is 45.2 cm³/mol. The molecule has 0 heterocycles. The summed E-state index contributed by atoms with van der Waals surface area (Å²) < 4.78 is 14.5. The van der Waals surface area contributed by atoms with Gasteiger partial charge in [0.2, 0.25) is 6.10 Å². The summed E-state index contributed by atoms with van der Waals surface area (Å²) in [5.74, 6) is -1.43. The molecule has 0 radical (unpaired) electrons. The lowest BCUT2D eigenvalue weighted by Crippen LogP contribution is -2.45. The molecule has 0 aliphatic rings. The Balaban J connectivity index is 4.48. The van der Waals surface area contributed by atoms with Gasteiger partial charge in [0.15, 0.2) is 0 Å². The molecule has 0 aliphatic heterocycles. The van der Waals surface area contributed by atoms with E-state index in [1.165, 1.54) is 0 Å². The van der Waals surface area contributed by atoms with Gasteiger partial charge in [0.25, 0.3) is 7.82 Å². The van der Waals surface area contributed by atoms with Crippen molar-refractivity contribution in [1.29, 1.82) is 0 Å². The molecule has 0 spiro atoms. The van der Waals surface area contributed by atoms with Crippen LogP contribution in [0.15, 0.2) is 0 Å². The molecule has 0 saturated carbocycles. The minimum absolute atomic E-state index is 0.0673. The number of nitrogens with zero attached hydrogens (tertiary/aromatic N) is 1. The van der Waals surface area contributed by atoms with Crippen LogP contribution in [0.5, 0.6) is 0 Å². The van der Waals surface area contributed by atoms with Gasteiger partial charge in [0, 0.05) is 0 Å². The number of hydrogen-bond donors (Lipinski definition) is 2. The van der Waals surface area contributed by atoms with Crippen LogP contribution in [0.3, 0.4) is 0 Å². The third-order valence-corrected chi connectivity index (χ3v) is 1.77. The minimum atomic E-state index is -5.00. The summed E-state index contributed by atoms with van der Waals surface area (Å²) in [6.45, 7) is -0.0673. The molecule has 2 atom stereocenters. The largest absolute Gasteiger partial charge is 0.756 e. The highest BCUT2D eigenvalue weighted by Gasteiger charge is 2.28. The molecule has 0 rings (SSSR count). The third-order valence-electron chi connectivity index (χ3n) is 1.25. The normalized spacial score (nSPS) is 18.6. The zero-order valence-electron chi connectivity index (χ0n) is 8.21. The van der Waals surface area contributed by atoms with Crippen LogP contribution in [-0.2, 0) is 13.9 Å². The molecule has 7 nitrogen and oxygen atoms in total. The number of carbonyl (C=O) groups is 1. The number of phosphoric acid groups is 1. The van der Waals surface area contributed by atoms with E-state index in [1.807, 2.05) is 0 Å². The second-order valence-electron chi connectivity index (χ2n) is 3.87. The van der Waals surface area contributed by atoms with Crippen molar-refractivity contribution in [1.82, 2.24) is 0 Å². The van der Waals surface area contributed by atoms with Crippen LogP contribution in [0, 0.1) is 0 Å². The van der Waals surface area contributed by atoms with Crippen molar-refractivity contribution in [2.75, 3.05) is 27.7 Å². The fraction of sp³-hybridized carbons (Fsp3) is 0.833. The average molecular weight is 227 g/mol. The van der Waals surface area contributed by atoms with Crippen molar-refractivity contribution in [2.24, 2.45) is 0 Å². The summed E-state index contributed by atoms with van der Waals surface area (Å²) in [5, 5.41) is 8.59. The SMILES string of the molecule is C[N+](C)(C)CC(OP(=O)([O-])O)C(=O)O. The van der Waals surface area contributed by atoms with Gasteiger partial charge in [-0.3, -0.25) is 9.09 Å². The number of likely N-dealkylation sites (N-methyl/N-ethyl adjacent to an activating group) is 1. The maximum absolute atomic E-state index is 10.5. The molecular formula is C6H14NO6P. The lowest BCUT2D eigenvalue weighted by molar-refractivity contribution is -0.872. The van der Waals surface area contributed by atoms with Gasteiger partial charge in [-0.05, 0) is 0 Å². The highest BCUT2D eigenvalue weighted by molar-refractivity contribution is 7.44. The van der Waals surface area contributed by atoms with E-state index in [1.54, 1.807) is 21.1 Å². The quantitative estimate of drug-likeness (QED) is 0.443. The van der Waals surface area contributed by atoms with Crippen molar-refractivity contribution >= 4 is 13.8 Å². The van der Waals surface area contributed by atoms with Gasteiger partial charge in [0.05, 0.1) is 21.1 Å². The third kappa shape index (κ3) is 6.99. The van der Waals surface area contributed by atoms with Gasteiger partial charge < -0.3 is 19.4 Å². The number of quaternary nitrogens is 1. The Kier molecular flexibility index (Phi) is 4.23. The first-order valence-electron chi connectivity index (χ1n) is 3.77. The molecule has 0 fully saturated rings. The van der Waals surface area contributed by atoms with Crippen LogP contribution >= 0.6 is 7.82 Å². The maximum Gasteiger partial charge on any atom is 0.339 e. The van der Waals surface area contributed by atoms with Crippen LogP contribution in [0.25, 0.3) is 0 Å². The average Bonchev–Trinajstić information content (AvgIpc) is 1.78. The van der Waals surface area contributed by atoms with E-state index >= 15 is 0 Å². The molecular weight excluding hydrogens is 213 g/mol. The van der Waals surface area contributed by atoms with Crippen LogP contribution in [0.4, 0.5) is 0 Å². The van der Waals surface area contributed by atoms with Gasteiger partial charge in [0.1, 0.15) is 6.54 Å². The van der Waals surface area contributed by atoms with Gasteiger partial charge in [-0.25, -0.2) is 4.79 Å². The van der Waals surface area contributed by atoms with E-state index in [4.69, 9.17) is 10.00 Å². The molecule has 0 aromatic carbocycles. The summed E-state index contributed by atoms with van der Waals surface area (Å²) >= 11 is 0. The predicted octanol–water partition coefficient (Wildman–Crippen LogP) is -1.38. The summed E-state index contributed by atoms with van der Waals surface area (Å²) in [4.78, 5) is 29.2. The molecule has 2 unspecified atom stereocenters. The summed E-state index contributed by atoms with van der Waals surface area (Å²) in [7, 11) is 0.0164. The first-order valence-corrected chi connectivity index (χ1v) is 5.26. The van der Waals surface area contributed by atoms with Crippen LogP contribution in [-0.4, -0.2) is 54.2 Å². The van der Waals surface area contributed by atoms with E-state index < -0.39 is 19.9 Å². The lowest BCUT2D eigenvalue weighted by atomic mass is 10.3. The topological polar surface area (TPSA) is 107 Å². The summed E-state index contributed by atoms with van der Waals surface area (Å²) in [5.41, 5.74) is 0. The Morgan fingerprint density at radius 3 is 2.21 bits per heavy atom. The zero-order chi connectivity index (χ0) is 11.6. The number of rotatable bonds is 5. The van der Waals surface area contributed by atoms with Crippen molar-refractivity contribution in [3.63, 3.8) is 0 Å². The Bertz CT molecular complexity index is 254. The molecule has 0 aromatic heterocycles. The van der Waals surface area contributed by atoms with Crippen molar-refractivity contribution in [2.45, 2.75) is 6.10 Å². The molecule has 84 valence electrons. The molecule has 14 heavy (non-hydrogen) atoms. The number of aliphatic carboxylic acids is 1. The second kappa shape index (κ2) is 4.37. The monoisotopic (exact) mass is 227 g/mol. The molecule has 8 heteroatoms. The van der Waals surface area contributed by atoms with Gasteiger partial charge >= 0.3 is 5.97 Å². The summed E-state index contributed by atoms with van der Waals surface area (Å²) in [6, 6.07) is 0. The molecule has 0 amide bonds. The smallest absolute Gasteiger partial charge is 0.339 e. The Labute approximate surface area is 81.7 Å². The highest BCUT2D eigenvalue weighted by Crippen LogP contribution is 2.32. The van der Waals surface area contributed by atoms with Crippen LogP contribution in [0.1, 0.15) is 0 Å². The van der Waals surface area contributed by atoms with Gasteiger partial charge in [-0.1, -0.05) is 0 Å². The maximum atomic E-state index is 10.5. The first kappa shape index (κ1) is 13.5. The second-order valence-corrected chi connectivity index (χ2v) is 5.02. The first-order chi connectivity index (χ1) is 6.01. The number of hydrogen-bond acceptors (Lipinski definition) is 4. The lowest BCUT2D eigenvalue weighted by Gasteiger charge is -2.29. The van der Waals surface area contributed by atoms with E-state index in [0.29, 0.717) is 0 Å². The minimum Gasteiger partial charge on any atom is -0.756 e. The van der Waals surface area contributed by atoms with Crippen molar-refractivity contribution < 1.29 is 33.3 Å². The summed E-state index contributed by atoms with van der Waals surface area (Å²) in [6.07, 6.45) is -1.57. The van der Waals surface area contributed by atoms with Gasteiger partial charge in [-0.15, -0.1) is 0 Å². The van der Waals surface area contributed by atoms with Crippen LogP contribution in [0.2, 0.25) is 0 Å². The fourth-order valence-electron chi connectivity index (χ4n) is 0.815. The van der Waals surface area contributed by atoms with Crippen molar-refractivity contribution in [3.8, 4) is 0 Å². The highest BCUT2D eigenvalue weighted by atomic mass is 31.2. The Morgan fingerprint density at radius 2 is 2.00 bits per heavy atom. The number of phosphoric ester groups is 1. The van der Waals surface area contributed by atoms with Crippen molar-refractivity contribution in [3.05, 3.63) is 0 Å². The van der Waals surface area contributed by atoms with E-state index in [2.05, 4.69) is 4.52 Å². The number of carboxylic acids is 1. The molecule has 0 aromatic rings. The van der Waals surface area contributed by atoms with E-state index in [0.717, 1.165) is 0 Å². The Morgan fingerprint density at radius 1 is 1.57 bits per heavy atom. The number of carboxylic acid groups (broad SMARTS) is 1. The molecule has 2 N–H and O–H groups in total.